The van der Waals surface area contributed by atoms with Crippen LogP contribution in [0, 0.1) is 5.41 Å². The molecule has 3 aromatic rings. The van der Waals surface area contributed by atoms with E-state index in [2.05, 4.69) is 12.1 Å². The fourth-order valence-corrected chi connectivity index (χ4v) is 3.63. The van der Waals surface area contributed by atoms with Crippen molar-refractivity contribution >= 4 is 22.4 Å². The third-order valence-corrected chi connectivity index (χ3v) is 4.86. The van der Waals surface area contributed by atoms with Gasteiger partial charge < -0.3 is 22.4 Å². The van der Waals surface area contributed by atoms with Crippen LogP contribution in [0.15, 0.2) is 60.4 Å². The number of aromatic nitrogens is 2. The van der Waals surface area contributed by atoms with E-state index in [0.717, 1.165) is 22.4 Å². The normalized spacial score (nSPS) is 14.2. The Labute approximate surface area is 158 Å². The topological polar surface area (TPSA) is 56.1 Å². The molecule has 6 heteroatoms. The van der Waals surface area contributed by atoms with E-state index < -0.39 is 0 Å². The zero-order chi connectivity index (χ0) is 17.6. The number of para-hydroxylation sites is 2. The van der Waals surface area contributed by atoms with Crippen molar-refractivity contribution in [3.63, 3.8) is 0 Å². The number of nitrogens with one attached hydrogen (secondary N) is 1. The second-order valence-corrected chi connectivity index (χ2v) is 6.44. The Morgan fingerprint density at radius 1 is 1.08 bits per heavy atom. The van der Waals surface area contributed by atoms with E-state index in [4.69, 9.17) is 5.41 Å². The van der Waals surface area contributed by atoms with Crippen LogP contribution in [0.1, 0.15) is 11.4 Å². The second kappa shape index (κ2) is 6.84. The Bertz CT molecular complexity index is 968. The van der Waals surface area contributed by atoms with Crippen molar-refractivity contribution in [1.82, 2.24) is 9.47 Å². The summed E-state index contributed by atoms with van der Waals surface area (Å²) < 4.78 is 4.09. The van der Waals surface area contributed by atoms with E-state index in [1.165, 1.54) is 0 Å². The van der Waals surface area contributed by atoms with Crippen molar-refractivity contribution in [3.05, 3.63) is 71.7 Å². The van der Waals surface area contributed by atoms with Crippen molar-refractivity contribution in [2.75, 3.05) is 6.54 Å². The van der Waals surface area contributed by atoms with Crippen molar-refractivity contribution in [2.24, 2.45) is 14.1 Å². The summed E-state index contributed by atoms with van der Waals surface area (Å²) in [6.07, 6.45) is 0. The van der Waals surface area contributed by atoms with E-state index in [-0.39, 0.29) is 18.2 Å². The third kappa shape index (κ3) is 2.74. The Hall–Kier alpha value is -2.79. The highest BCUT2D eigenvalue weighted by molar-refractivity contribution is 6.22. The van der Waals surface area contributed by atoms with E-state index in [0.29, 0.717) is 24.5 Å². The molecule has 1 aliphatic heterocycles. The monoisotopic (exact) mass is 368 g/mol. The number of amidine groups is 1. The Morgan fingerprint density at radius 3 is 2.42 bits per heavy atom. The van der Waals surface area contributed by atoms with Crippen molar-refractivity contribution < 1.29 is 22.1 Å². The highest BCUT2D eigenvalue weighted by Crippen LogP contribution is 2.28. The summed E-state index contributed by atoms with van der Waals surface area (Å²) in [5.41, 5.74) is 3.89. The van der Waals surface area contributed by atoms with Gasteiger partial charge in [-0.05, 0) is 17.7 Å². The van der Waals surface area contributed by atoms with Crippen LogP contribution >= 0.6 is 0 Å². The van der Waals surface area contributed by atoms with Crippen LogP contribution in [0.3, 0.4) is 0 Å². The highest BCUT2D eigenvalue weighted by Gasteiger charge is 2.36. The molecule has 0 aliphatic carbocycles. The van der Waals surface area contributed by atoms with E-state index in [1.807, 2.05) is 70.6 Å². The lowest BCUT2D eigenvalue weighted by Gasteiger charge is -2.18. The molecule has 0 atom stereocenters. The van der Waals surface area contributed by atoms with Gasteiger partial charge in [-0.15, -0.1) is 0 Å². The molecule has 0 unspecified atom stereocenters. The van der Waals surface area contributed by atoms with Crippen LogP contribution in [0.5, 0.6) is 0 Å². The molecular formula is C20H21ClN4O. The van der Waals surface area contributed by atoms with E-state index in [9.17, 15) is 5.11 Å². The second-order valence-electron chi connectivity index (χ2n) is 6.44. The van der Waals surface area contributed by atoms with Crippen LogP contribution in [0.2, 0.25) is 0 Å². The molecule has 134 valence electrons. The standard InChI is InChI=1S/C20H20N4O.ClH/c1-22-15-10-6-7-11-16(15)23(2)20(22)18-17(25)13-24(19(18)21)12-14-8-4-3-5-9-14;/h3-11,21H,12-13H2,1-2H3;1H. The van der Waals surface area contributed by atoms with Gasteiger partial charge in [0.05, 0.1) is 20.6 Å². The molecule has 0 saturated heterocycles. The molecule has 1 aliphatic rings. The number of rotatable bonds is 3. The number of aliphatic hydroxyl groups excluding tert-OH is 1. The van der Waals surface area contributed by atoms with Gasteiger partial charge in [0.25, 0.3) is 5.82 Å². The molecule has 1 aromatic heterocycles. The van der Waals surface area contributed by atoms with E-state index >= 15 is 0 Å². The number of imidazole rings is 1. The zero-order valence-electron chi connectivity index (χ0n) is 14.8. The van der Waals surface area contributed by atoms with Crippen molar-refractivity contribution in [2.45, 2.75) is 6.54 Å². The lowest BCUT2D eigenvalue weighted by molar-refractivity contribution is -0.648. The number of hydrogen-bond donors (Lipinski definition) is 2. The first-order chi connectivity index (χ1) is 12.1. The smallest absolute Gasteiger partial charge is 0.296 e. The third-order valence-electron chi connectivity index (χ3n) is 4.86. The number of aliphatic hydroxyl groups is 1. The molecule has 0 bridgehead atoms. The Morgan fingerprint density at radius 2 is 1.73 bits per heavy atom. The molecule has 0 amide bonds. The molecule has 0 radical (unpaired) electrons. The van der Waals surface area contributed by atoms with Gasteiger partial charge in [0.2, 0.25) is 0 Å². The van der Waals surface area contributed by atoms with Crippen LogP contribution in [0.25, 0.3) is 16.6 Å². The zero-order valence-corrected chi connectivity index (χ0v) is 15.5. The number of hydrogen-bond acceptors (Lipinski definition) is 2. The average molecular weight is 369 g/mol. The summed E-state index contributed by atoms with van der Waals surface area (Å²) in [4.78, 5) is 1.90. The summed E-state index contributed by atoms with van der Waals surface area (Å²) in [5.74, 6) is 1.46. The minimum Gasteiger partial charge on any atom is -1.00 e. The average Bonchev–Trinajstić information content (AvgIpc) is 3.03. The van der Waals surface area contributed by atoms with Gasteiger partial charge in [-0.25, -0.2) is 9.13 Å². The minimum absolute atomic E-state index is 0. The van der Waals surface area contributed by atoms with Crippen LogP contribution in [0.4, 0.5) is 0 Å². The van der Waals surface area contributed by atoms with E-state index in [1.54, 1.807) is 0 Å². The summed E-state index contributed by atoms with van der Waals surface area (Å²) in [6, 6.07) is 18.2. The lowest BCUT2D eigenvalue weighted by atomic mass is 10.2. The van der Waals surface area contributed by atoms with Crippen LogP contribution in [-0.2, 0) is 20.6 Å². The molecule has 2 heterocycles. The van der Waals surface area contributed by atoms with Crippen LogP contribution in [-0.4, -0.2) is 27.0 Å². The molecular weight excluding hydrogens is 348 g/mol. The number of nitrogens with zero attached hydrogens (tertiary/aromatic N) is 3. The largest absolute Gasteiger partial charge is 1.00 e. The maximum atomic E-state index is 10.6. The SMILES string of the molecule is Cn1c(C2=C(O)CN(Cc3ccccc3)C2=N)[n+](C)c2ccccc21.[Cl-]. The predicted molar refractivity (Wildman–Crippen MR) is 98.2 cm³/mol. The number of halogens is 1. The summed E-state index contributed by atoms with van der Waals surface area (Å²) in [5, 5.41) is 19.2. The van der Waals surface area contributed by atoms with Gasteiger partial charge in [-0.3, -0.25) is 5.41 Å². The van der Waals surface area contributed by atoms with Crippen LogP contribution < -0.4 is 17.0 Å². The van der Waals surface area contributed by atoms with Gasteiger partial charge in [0.1, 0.15) is 17.2 Å². The van der Waals surface area contributed by atoms with Gasteiger partial charge in [-0.2, -0.15) is 0 Å². The fraction of sp³-hybridized carbons (Fsp3) is 0.200. The van der Waals surface area contributed by atoms with Gasteiger partial charge in [0.15, 0.2) is 11.0 Å². The fourth-order valence-electron chi connectivity index (χ4n) is 3.63. The molecule has 26 heavy (non-hydrogen) atoms. The Kier molecular flexibility index (Phi) is 4.74. The van der Waals surface area contributed by atoms with Crippen molar-refractivity contribution in [3.8, 4) is 0 Å². The molecule has 4 rings (SSSR count). The lowest BCUT2D eigenvalue weighted by Crippen LogP contribution is -3.00. The number of aryl methyl sites for hydroxylation is 2. The maximum Gasteiger partial charge on any atom is 0.296 e. The first-order valence-electron chi connectivity index (χ1n) is 8.31. The molecule has 0 spiro atoms. The minimum atomic E-state index is 0. The molecule has 5 nitrogen and oxygen atoms in total. The first-order valence-corrected chi connectivity index (χ1v) is 8.31. The number of benzene rings is 2. The van der Waals surface area contributed by atoms with Crippen molar-refractivity contribution in [1.29, 1.82) is 5.41 Å². The molecule has 2 N–H and O–H groups in total. The van der Waals surface area contributed by atoms with Gasteiger partial charge in [0, 0.05) is 6.54 Å². The summed E-state index contributed by atoms with van der Waals surface area (Å²) in [7, 11) is 3.95. The summed E-state index contributed by atoms with van der Waals surface area (Å²) in [6.45, 7) is 0.978. The van der Waals surface area contributed by atoms with Gasteiger partial charge >= 0.3 is 0 Å². The highest BCUT2D eigenvalue weighted by atomic mass is 35.5. The quantitative estimate of drug-likeness (QED) is 0.627. The molecule has 0 saturated carbocycles. The predicted octanol–water partition coefficient (Wildman–Crippen LogP) is -0.231. The molecule has 0 fully saturated rings. The maximum absolute atomic E-state index is 10.6. The molecule has 2 aromatic carbocycles. The van der Waals surface area contributed by atoms with Gasteiger partial charge in [-0.1, -0.05) is 42.5 Å². The summed E-state index contributed by atoms with van der Waals surface area (Å²) >= 11 is 0. The first kappa shape index (κ1) is 18.0. The Balaban J connectivity index is 0.00000196. The number of fused-ring (bicyclic) bond motifs is 1.